The van der Waals surface area contributed by atoms with Crippen LogP contribution in [0.15, 0.2) is 24.3 Å². The van der Waals surface area contributed by atoms with Crippen LogP contribution in [0.4, 0.5) is 4.39 Å². The number of amides is 1. The van der Waals surface area contributed by atoms with Gasteiger partial charge in [-0.2, -0.15) is 0 Å². The van der Waals surface area contributed by atoms with E-state index in [1.54, 1.807) is 11.0 Å². The Morgan fingerprint density at radius 1 is 1.43 bits per heavy atom. The number of hydrogen-bond acceptors (Lipinski definition) is 2. The first-order valence-corrected chi connectivity index (χ1v) is 8.14. The Labute approximate surface area is 136 Å². The zero-order chi connectivity index (χ0) is 17.0. The molecular weight excluding hydrogens is 297 g/mol. The third-order valence-corrected chi connectivity index (χ3v) is 4.71. The standard InChI is InChI=1S/C18H24FNO3/c1-12(6-7-14-4-3-5-15(19)10-14)17(21)20-9-8-16(18(22)23)13(2)11-20/h3-5,10,12-13,16H,6-9,11H2,1-2H3,(H,22,23). The smallest absolute Gasteiger partial charge is 0.306 e. The third-order valence-electron chi connectivity index (χ3n) is 4.71. The van der Waals surface area contributed by atoms with Gasteiger partial charge in [0.1, 0.15) is 5.82 Å². The maximum atomic E-state index is 13.2. The molecule has 1 amide bonds. The molecular formula is C18H24FNO3. The Morgan fingerprint density at radius 2 is 2.17 bits per heavy atom. The number of benzene rings is 1. The van der Waals surface area contributed by atoms with Crippen molar-refractivity contribution in [3.05, 3.63) is 35.6 Å². The lowest BCUT2D eigenvalue weighted by molar-refractivity contribution is -0.149. The number of halogens is 1. The summed E-state index contributed by atoms with van der Waals surface area (Å²) in [4.78, 5) is 25.4. The van der Waals surface area contributed by atoms with Crippen molar-refractivity contribution >= 4 is 11.9 Å². The second-order valence-electron chi connectivity index (χ2n) is 6.56. The van der Waals surface area contributed by atoms with Gasteiger partial charge in [0.15, 0.2) is 0 Å². The number of hydrogen-bond donors (Lipinski definition) is 1. The van der Waals surface area contributed by atoms with Crippen LogP contribution < -0.4 is 0 Å². The van der Waals surface area contributed by atoms with Gasteiger partial charge in [0.2, 0.25) is 5.91 Å². The summed E-state index contributed by atoms with van der Waals surface area (Å²) in [5, 5.41) is 9.14. The predicted octanol–water partition coefficient (Wildman–Crippen LogP) is 2.96. The second kappa shape index (κ2) is 7.57. The molecule has 2 rings (SSSR count). The Bertz CT molecular complexity index is 575. The fourth-order valence-corrected chi connectivity index (χ4v) is 3.22. The monoisotopic (exact) mass is 321 g/mol. The van der Waals surface area contributed by atoms with Crippen LogP contribution in [0.5, 0.6) is 0 Å². The molecule has 1 aliphatic heterocycles. The van der Waals surface area contributed by atoms with Gasteiger partial charge in [-0.3, -0.25) is 9.59 Å². The molecule has 4 nitrogen and oxygen atoms in total. The Morgan fingerprint density at radius 3 is 2.78 bits per heavy atom. The van der Waals surface area contributed by atoms with E-state index in [-0.39, 0.29) is 29.5 Å². The molecule has 1 saturated heterocycles. The Hall–Kier alpha value is -1.91. The van der Waals surface area contributed by atoms with E-state index in [1.807, 2.05) is 19.9 Å². The van der Waals surface area contributed by atoms with Crippen LogP contribution in [0.2, 0.25) is 0 Å². The number of carboxylic acid groups (broad SMARTS) is 1. The number of likely N-dealkylation sites (tertiary alicyclic amines) is 1. The van der Waals surface area contributed by atoms with Gasteiger partial charge >= 0.3 is 5.97 Å². The van der Waals surface area contributed by atoms with Crippen LogP contribution in [0.1, 0.15) is 32.3 Å². The first-order chi connectivity index (χ1) is 10.9. The van der Waals surface area contributed by atoms with E-state index in [9.17, 15) is 14.0 Å². The van der Waals surface area contributed by atoms with Crippen LogP contribution in [-0.2, 0) is 16.0 Å². The average Bonchev–Trinajstić information content (AvgIpc) is 2.51. The lowest BCUT2D eigenvalue weighted by Crippen LogP contribution is -2.46. The maximum absolute atomic E-state index is 13.2. The molecule has 0 saturated carbocycles. The number of aliphatic carboxylic acids is 1. The second-order valence-corrected chi connectivity index (χ2v) is 6.56. The molecule has 0 aliphatic carbocycles. The summed E-state index contributed by atoms with van der Waals surface area (Å²) >= 11 is 0. The molecule has 0 spiro atoms. The van der Waals surface area contributed by atoms with Crippen LogP contribution in [0.3, 0.4) is 0 Å². The zero-order valence-corrected chi connectivity index (χ0v) is 13.7. The summed E-state index contributed by atoms with van der Waals surface area (Å²) < 4.78 is 13.2. The fourth-order valence-electron chi connectivity index (χ4n) is 3.22. The van der Waals surface area contributed by atoms with Crippen molar-refractivity contribution in [3.8, 4) is 0 Å². The van der Waals surface area contributed by atoms with Crippen LogP contribution in [0.25, 0.3) is 0 Å². The summed E-state index contributed by atoms with van der Waals surface area (Å²) in [5.41, 5.74) is 0.891. The minimum absolute atomic E-state index is 0.0272. The van der Waals surface area contributed by atoms with E-state index in [4.69, 9.17) is 5.11 Å². The molecule has 1 N–H and O–H groups in total. The van der Waals surface area contributed by atoms with E-state index < -0.39 is 5.97 Å². The third kappa shape index (κ3) is 4.53. The number of carbonyl (C=O) groups excluding carboxylic acids is 1. The van der Waals surface area contributed by atoms with Crippen LogP contribution in [-0.4, -0.2) is 35.0 Å². The van der Waals surface area contributed by atoms with Crippen LogP contribution >= 0.6 is 0 Å². The van der Waals surface area contributed by atoms with E-state index in [0.717, 1.165) is 5.56 Å². The number of carboxylic acids is 1. The molecule has 1 fully saturated rings. The molecule has 1 aromatic rings. The van der Waals surface area contributed by atoms with Crippen molar-refractivity contribution in [1.82, 2.24) is 4.90 Å². The molecule has 3 atom stereocenters. The molecule has 0 aromatic heterocycles. The predicted molar refractivity (Wildman–Crippen MR) is 85.4 cm³/mol. The van der Waals surface area contributed by atoms with Crippen molar-refractivity contribution < 1.29 is 19.1 Å². The Kier molecular flexibility index (Phi) is 5.74. The molecule has 0 radical (unpaired) electrons. The van der Waals surface area contributed by atoms with E-state index in [0.29, 0.717) is 32.4 Å². The quantitative estimate of drug-likeness (QED) is 0.907. The highest BCUT2D eigenvalue weighted by atomic mass is 19.1. The summed E-state index contributed by atoms with van der Waals surface area (Å²) in [6.45, 7) is 4.77. The topological polar surface area (TPSA) is 57.6 Å². The Balaban J connectivity index is 1.86. The van der Waals surface area contributed by atoms with Crippen molar-refractivity contribution in [1.29, 1.82) is 0 Å². The van der Waals surface area contributed by atoms with Gasteiger partial charge in [-0.25, -0.2) is 4.39 Å². The molecule has 3 unspecified atom stereocenters. The minimum atomic E-state index is -0.774. The van der Waals surface area contributed by atoms with Crippen LogP contribution in [0, 0.1) is 23.6 Å². The lowest BCUT2D eigenvalue weighted by Gasteiger charge is -2.36. The highest BCUT2D eigenvalue weighted by Crippen LogP contribution is 2.25. The molecule has 1 aromatic carbocycles. The molecule has 23 heavy (non-hydrogen) atoms. The molecule has 126 valence electrons. The number of nitrogens with zero attached hydrogens (tertiary/aromatic N) is 1. The number of aryl methyl sites for hydroxylation is 1. The van der Waals surface area contributed by atoms with Gasteiger partial charge in [0.05, 0.1) is 5.92 Å². The summed E-state index contributed by atoms with van der Waals surface area (Å²) in [7, 11) is 0. The summed E-state index contributed by atoms with van der Waals surface area (Å²) in [6.07, 6.45) is 1.83. The largest absolute Gasteiger partial charge is 0.481 e. The van der Waals surface area contributed by atoms with Gasteiger partial charge in [-0.05, 0) is 42.9 Å². The minimum Gasteiger partial charge on any atom is -0.481 e. The molecule has 1 heterocycles. The first-order valence-electron chi connectivity index (χ1n) is 8.14. The van der Waals surface area contributed by atoms with Gasteiger partial charge in [0, 0.05) is 19.0 Å². The zero-order valence-electron chi connectivity index (χ0n) is 13.7. The lowest BCUT2D eigenvalue weighted by atomic mass is 9.86. The van der Waals surface area contributed by atoms with Gasteiger partial charge in [-0.15, -0.1) is 0 Å². The van der Waals surface area contributed by atoms with E-state index >= 15 is 0 Å². The maximum Gasteiger partial charge on any atom is 0.306 e. The molecule has 1 aliphatic rings. The van der Waals surface area contributed by atoms with Crippen molar-refractivity contribution in [2.75, 3.05) is 13.1 Å². The summed E-state index contributed by atoms with van der Waals surface area (Å²) in [6, 6.07) is 6.44. The van der Waals surface area contributed by atoms with E-state index in [1.165, 1.54) is 12.1 Å². The molecule has 5 heteroatoms. The normalized spacial score (nSPS) is 22.7. The van der Waals surface area contributed by atoms with Gasteiger partial charge in [-0.1, -0.05) is 26.0 Å². The highest BCUT2D eigenvalue weighted by Gasteiger charge is 2.34. The van der Waals surface area contributed by atoms with Gasteiger partial charge < -0.3 is 10.0 Å². The van der Waals surface area contributed by atoms with E-state index in [2.05, 4.69) is 0 Å². The molecule has 0 bridgehead atoms. The highest BCUT2D eigenvalue weighted by molar-refractivity contribution is 5.79. The SMILES string of the molecule is CC(CCc1cccc(F)c1)C(=O)N1CCC(C(=O)O)C(C)C1. The first kappa shape index (κ1) is 17.4. The van der Waals surface area contributed by atoms with Crippen molar-refractivity contribution in [3.63, 3.8) is 0 Å². The number of piperidine rings is 1. The van der Waals surface area contributed by atoms with Crippen molar-refractivity contribution in [2.45, 2.75) is 33.1 Å². The van der Waals surface area contributed by atoms with Crippen molar-refractivity contribution in [2.24, 2.45) is 17.8 Å². The fraction of sp³-hybridized carbons (Fsp3) is 0.556. The van der Waals surface area contributed by atoms with Gasteiger partial charge in [0.25, 0.3) is 0 Å². The average molecular weight is 321 g/mol. The summed E-state index contributed by atoms with van der Waals surface area (Å²) in [5.74, 6) is -1.50. The number of rotatable bonds is 5. The number of carbonyl (C=O) groups is 2.